The Morgan fingerprint density at radius 2 is 2.00 bits per heavy atom. The molecule has 1 aliphatic rings. The predicted octanol–water partition coefficient (Wildman–Crippen LogP) is 2.78. The van der Waals surface area contributed by atoms with Gasteiger partial charge < -0.3 is 4.74 Å². The van der Waals surface area contributed by atoms with E-state index in [1.807, 2.05) is 0 Å². The fourth-order valence-corrected chi connectivity index (χ4v) is 1.71. The zero-order chi connectivity index (χ0) is 7.23. The maximum atomic E-state index is 5.36. The molecule has 1 saturated carbocycles. The van der Waals surface area contributed by atoms with Gasteiger partial charge in [-0.25, -0.2) is 0 Å². The Bertz CT molecular complexity index is 79.3. The normalized spacial score (nSPS) is 20.1. The summed E-state index contributed by atoms with van der Waals surface area (Å²) in [6.45, 7) is 0.855. The standard InChI is InChI=1S/C8H15ClO/c9-7-10-6-5-8-3-1-2-4-8/h8H,1-7H2. The molecule has 10 heavy (non-hydrogen) atoms. The molecule has 1 rings (SSSR count). The molecule has 2 heteroatoms. The average molecular weight is 163 g/mol. The van der Waals surface area contributed by atoms with Crippen molar-refractivity contribution in [2.24, 2.45) is 5.92 Å². The van der Waals surface area contributed by atoms with E-state index >= 15 is 0 Å². The van der Waals surface area contributed by atoms with Crippen molar-refractivity contribution in [2.75, 3.05) is 12.7 Å². The number of hydrogen-bond donors (Lipinski definition) is 0. The summed E-state index contributed by atoms with van der Waals surface area (Å²) in [5.41, 5.74) is 0. The summed E-state index contributed by atoms with van der Waals surface area (Å²) in [5, 5.41) is 0. The Kier molecular flexibility index (Phi) is 4.15. The SMILES string of the molecule is ClCOCCC1CCCC1. The summed E-state index contributed by atoms with van der Waals surface area (Å²) in [6, 6.07) is 0.354. The lowest BCUT2D eigenvalue weighted by Crippen LogP contribution is -1.99. The summed E-state index contributed by atoms with van der Waals surface area (Å²) in [5.74, 6) is 0.934. The summed E-state index contributed by atoms with van der Waals surface area (Å²) >= 11 is 5.36. The van der Waals surface area contributed by atoms with Gasteiger partial charge >= 0.3 is 0 Å². The van der Waals surface area contributed by atoms with Gasteiger partial charge in [0.2, 0.25) is 0 Å². The minimum Gasteiger partial charge on any atom is -0.366 e. The van der Waals surface area contributed by atoms with Crippen molar-refractivity contribution in [3.8, 4) is 0 Å². The van der Waals surface area contributed by atoms with Gasteiger partial charge in [0.25, 0.3) is 0 Å². The molecule has 0 atom stereocenters. The molecule has 1 nitrogen and oxygen atoms in total. The second-order valence-corrected chi connectivity index (χ2v) is 3.17. The fourth-order valence-electron chi connectivity index (χ4n) is 1.60. The molecule has 1 fully saturated rings. The molecule has 0 aromatic heterocycles. The highest BCUT2D eigenvalue weighted by Crippen LogP contribution is 2.27. The Balaban J connectivity index is 1.91. The summed E-state index contributed by atoms with van der Waals surface area (Å²) < 4.78 is 5.06. The summed E-state index contributed by atoms with van der Waals surface area (Å²) in [7, 11) is 0. The smallest absolute Gasteiger partial charge is 0.120 e. The van der Waals surface area contributed by atoms with Crippen LogP contribution in [0.3, 0.4) is 0 Å². The highest BCUT2D eigenvalue weighted by molar-refractivity contribution is 6.17. The van der Waals surface area contributed by atoms with Crippen LogP contribution in [0.2, 0.25) is 0 Å². The summed E-state index contributed by atoms with van der Waals surface area (Å²) in [4.78, 5) is 0. The summed E-state index contributed by atoms with van der Waals surface area (Å²) in [6.07, 6.45) is 6.88. The minimum atomic E-state index is 0.354. The van der Waals surface area contributed by atoms with Crippen LogP contribution in [-0.2, 0) is 4.74 Å². The van der Waals surface area contributed by atoms with Crippen LogP contribution in [0.1, 0.15) is 32.1 Å². The third-order valence-corrected chi connectivity index (χ3v) is 2.38. The van der Waals surface area contributed by atoms with E-state index in [0.717, 1.165) is 12.5 Å². The van der Waals surface area contributed by atoms with E-state index in [2.05, 4.69) is 0 Å². The van der Waals surface area contributed by atoms with E-state index in [1.54, 1.807) is 0 Å². The fraction of sp³-hybridized carbons (Fsp3) is 1.00. The van der Waals surface area contributed by atoms with E-state index in [9.17, 15) is 0 Å². The highest BCUT2D eigenvalue weighted by atomic mass is 35.5. The van der Waals surface area contributed by atoms with E-state index < -0.39 is 0 Å². The maximum Gasteiger partial charge on any atom is 0.120 e. The van der Waals surface area contributed by atoms with Crippen molar-refractivity contribution in [1.29, 1.82) is 0 Å². The molecule has 0 aromatic rings. The Morgan fingerprint density at radius 3 is 2.60 bits per heavy atom. The lowest BCUT2D eigenvalue weighted by atomic mass is 10.1. The number of alkyl halides is 1. The Morgan fingerprint density at radius 1 is 1.30 bits per heavy atom. The van der Waals surface area contributed by atoms with Crippen molar-refractivity contribution in [2.45, 2.75) is 32.1 Å². The van der Waals surface area contributed by atoms with E-state index in [4.69, 9.17) is 16.3 Å². The second-order valence-electron chi connectivity index (χ2n) is 2.96. The first kappa shape index (κ1) is 8.35. The van der Waals surface area contributed by atoms with Gasteiger partial charge in [-0.15, -0.1) is 0 Å². The van der Waals surface area contributed by atoms with Crippen molar-refractivity contribution in [3.63, 3.8) is 0 Å². The van der Waals surface area contributed by atoms with E-state index in [0.29, 0.717) is 6.07 Å². The average Bonchev–Trinajstić information content (AvgIpc) is 2.41. The molecule has 0 amide bonds. The van der Waals surface area contributed by atoms with Crippen molar-refractivity contribution >= 4 is 11.6 Å². The van der Waals surface area contributed by atoms with E-state index in [1.165, 1.54) is 32.1 Å². The maximum absolute atomic E-state index is 5.36. The molecule has 60 valence electrons. The van der Waals surface area contributed by atoms with Crippen LogP contribution in [0.5, 0.6) is 0 Å². The molecule has 0 bridgehead atoms. The number of ether oxygens (including phenoxy) is 1. The van der Waals surface area contributed by atoms with Gasteiger partial charge in [-0.2, -0.15) is 0 Å². The van der Waals surface area contributed by atoms with Crippen LogP contribution < -0.4 is 0 Å². The molecular weight excluding hydrogens is 148 g/mol. The van der Waals surface area contributed by atoms with E-state index in [-0.39, 0.29) is 0 Å². The number of rotatable bonds is 4. The molecule has 0 spiro atoms. The minimum absolute atomic E-state index is 0.354. The monoisotopic (exact) mass is 162 g/mol. The molecule has 0 saturated heterocycles. The van der Waals surface area contributed by atoms with Crippen LogP contribution in [0.25, 0.3) is 0 Å². The van der Waals surface area contributed by atoms with Gasteiger partial charge in [-0.1, -0.05) is 37.3 Å². The molecule has 0 aromatic carbocycles. The molecule has 0 unspecified atom stereocenters. The van der Waals surface area contributed by atoms with Crippen LogP contribution in [0.4, 0.5) is 0 Å². The predicted molar refractivity (Wildman–Crippen MR) is 43.2 cm³/mol. The van der Waals surface area contributed by atoms with Crippen LogP contribution in [0, 0.1) is 5.92 Å². The third kappa shape index (κ3) is 2.89. The molecular formula is C8H15ClO. The number of hydrogen-bond acceptors (Lipinski definition) is 1. The largest absolute Gasteiger partial charge is 0.366 e. The van der Waals surface area contributed by atoms with Crippen LogP contribution >= 0.6 is 11.6 Å². The lowest BCUT2D eigenvalue weighted by Gasteiger charge is -2.06. The second kappa shape index (κ2) is 4.97. The van der Waals surface area contributed by atoms with Gasteiger partial charge in [0.05, 0.1) is 0 Å². The molecule has 0 N–H and O–H groups in total. The first-order chi connectivity index (χ1) is 4.93. The van der Waals surface area contributed by atoms with Gasteiger partial charge in [-0.05, 0) is 12.3 Å². The molecule has 0 aliphatic heterocycles. The zero-order valence-electron chi connectivity index (χ0n) is 6.31. The molecule has 1 aliphatic carbocycles. The highest BCUT2D eigenvalue weighted by Gasteiger charge is 2.13. The number of halogens is 1. The zero-order valence-corrected chi connectivity index (χ0v) is 7.07. The quantitative estimate of drug-likeness (QED) is 0.456. The van der Waals surface area contributed by atoms with Crippen molar-refractivity contribution in [1.82, 2.24) is 0 Å². The Labute approximate surface area is 67.7 Å². The third-order valence-electron chi connectivity index (χ3n) is 2.22. The van der Waals surface area contributed by atoms with Gasteiger partial charge in [0.15, 0.2) is 0 Å². The van der Waals surface area contributed by atoms with Crippen molar-refractivity contribution < 1.29 is 4.74 Å². The first-order valence-electron chi connectivity index (χ1n) is 4.07. The van der Waals surface area contributed by atoms with Crippen molar-refractivity contribution in [3.05, 3.63) is 0 Å². The topological polar surface area (TPSA) is 9.23 Å². The van der Waals surface area contributed by atoms with Crippen LogP contribution in [-0.4, -0.2) is 12.7 Å². The molecule has 0 radical (unpaired) electrons. The first-order valence-corrected chi connectivity index (χ1v) is 4.60. The Hall–Kier alpha value is 0.250. The van der Waals surface area contributed by atoms with Gasteiger partial charge in [0, 0.05) is 6.61 Å². The molecule has 0 heterocycles. The lowest BCUT2D eigenvalue weighted by molar-refractivity contribution is 0.161. The van der Waals surface area contributed by atoms with Crippen LogP contribution in [0.15, 0.2) is 0 Å². The van der Waals surface area contributed by atoms with Gasteiger partial charge in [0.1, 0.15) is 6.07 Å². The van der Waals surface area contributed by atoms with Gasteiger partial charge in [-0.3, -0.25) is 0 Å².